The van der Waals surface area contributed by atoms with Crippen molar-refractivity contribution >= 4 is 11.0 Å². The quantitative estimate of drug-likeness (QED) is 0.229. The van der Waals surface area contributed by atoms with E-state index < -0.39 is 0 Å². The van der Waals surface area contributed by atoms with Gasteiger partial charge in [-0.25, -0.2) is 9.78 Å². The molecule has 0 N–H and O–H groups in total. The number of nitrogens with zero attached hydrogens (tertiary/aromatic N) is 3. The molecule has 2 aromatic heterocycles. The summed E-state index contributed by atoms with van der Waals surface area (Å²) in [6.07, 6.45) is 0.719. The molecule has 2 heterocycles. The van der Waals surface area contributed by atoms with Gasteiger partial charge in [0.2, 0.25) is 5.88 Å². The first-order valence-corrected chi connectivity index (χ1v) is 12.6. The zero-order valence-electron chi connectivity index (χ0n) is 21.3. The van der Waals surface area contributed by atoms with Gasteiger partial charge in [-0.1, -0.05) is 72.8 Å². The maximum absolute atomic E-state index is 13.6. The topological polar surface area (TPSA) is 58.3 Å². The third-order valence-electron chi connectivity index (χ3n) is 6.48. The van der Waals surface area contributed by atoms with Crippen LogP contribution in [0.1, 0.15) is 29.3 Å². The van der Waals surface area contributed by atoms with E-state index >= 15 is 0 Å². The zero-order chi connectivity index (χ0) is 25.6. The van der Waals surface area contributed by atoms with Crippen LogP contribution in [0, 0.1) is 6.92 Å². The standard InChI is InChI=1S/C31H31N3O3/c1-3-33-30-26(19-20-36-21-24-11-6-4-7-12-24)15-10-16-28(30)34(31(33)35)27-17-18-29(32-23(27)2)37-22-25-13-8-5-9-14-25/h4-18H,3,19-22H2,1-2H3. The van der Waals surface area contributed by atoms with Gasteiger partial charge in [-0.05, 0) is 49.1 Å². The molecule has 6 nitrogen and oxygen atoms in total. The second-order valence-electron chi connectivity index (χ2n) is 8.96. The average molecular weight is 494 g/mol. The Kier molecular flexibility index (Phi) is 7.47. The van der Waals surface area contributed by atoms with Crippen LogP contribution < -0.4 is 10.4 Å². The monoisotopic (exact) mass is 493 g/mol. The van der Waals surface area contributed by atoms with Crippen LogP contribution in [0.3, 0.4) is 0 Å². The fraction of sp³-hybridized carbons (Fsp3) is 0.226. The summed E-state index contributed by atoms with van der Waals surface area (Å²) in [4.78, 5) is 18.2. The second kappa shape index (κ2) is 11.3. The van der Waals surface area contributed by atoms with Crippen molar-refractivity contribution in [2.24, 2.45) is 0 Å². The molecule has 0 bridgehead atoms. The molecule has 0 unspecified atom stereocenters. The number of aryl methyl sites for hydroxylation is 2. The Balaban J connectivity index is 1.40. The Labute approximate surface area is 216 Å². The van der Waals surface area contributed by atoms with Gasteiger partial charge in [0.25, 0.3) is 0 Å². The van der Waals surface area contributed by atoms with Gasteiger partial charge in [-0.15, -0.1) is 0 Å². The smallest absolute Gasteiger partial charge is 0.333 e. The van der Waals surface area contributed by atoms with Crippen LogP contribution in [0.4, 0.5) is 0 Å². The third kappa shape index (κ3) is 5.34. The number of hydrogen-bond donors (Lipinski definition) is 0. The predicted octanol–water partition coefficient (Wildman–Crippen LogP) is 5.85. The van der Waals surface area contributed by atoms with Crippen molar-refractivity contribution in [2.45, 2.75) is 40.0 Å². The van der Waals surface area contributed by atoms with Crippen molar-refractivity contribution in [1.82, 2.24) is 14.1 Å². The van der Waals surface area contributed by atoms with Gasteiger partial charge in [-0.3, -0.25) is 9.13 Å². The number of pyridine rings is 1. The summed E-state index contributed by atoms with van der Waals surface area (Å²) >= 11 is 0. The molecular formula is C31H31N3O3. The molecule has 37 heavy (non-hydrogen) atoms. The van der Waals surface area contributed by atoms with E-state index in [9.17, 15) is 4.79 Å². The lowest BCUT2D eigenvalue weighted by Gasteiger charge is -2.11. The average Bonchev–Trinajstić information content (AvgIpc) is 3.22. The SMILES string of the molecule is CCn1c(=O)n(-c2ccc(OCc3ccccc3)nc2C)c2cccc(CCOCc3ccccc3)c21. The first-order valence-electron chi connectivity index (χ1n) is 12.6. The lowest BCUT2D eigenvalue weighted by atomic mass is 10.1. The normalized spacial score (nSPS) is 11.2. The van der Waals surface area contributed by atoms with Crippen molar-refractivity contribution in [2.75, 3.05) is 6.61 Å². The summed E-state index contributed by atoms with van der Waals surface area (Å²) < 4.78 is 15.4. The van der Waals surface area contributed by atoms with Crippen LogP contribution in [-0.4, -0.2) is 20.7 Å². The zero-order valence-corrected chi connectivity index (χ0v) is 21.3. The summed E-state index contributed by atoms with van der Waals surface area (Å²) in [6.45, 7) is 6.08. The van der Waals surface area contributed by atoms with Crippen molar-refractivity contribution in [3.63, 3.8) is 0 Å². The Morgan fingerprint density at radius 1 is 0.811 bits per heavy atom. The number of ether oxygens (including phenoxy) is 2. The molecular weight excluding hydrogens is 462 g/mol. The van der Waals surface area contributed by atoms with Crippen molar-refractivity contribution in [3.8, 4) is 11.6 Å². The largest absolute Gasteiger partial charge is 0.473 e. The first-order chi connectivity index (χ1) is 18.2. The molecule has 0 fully saturated rings. The van der Waals surface area contributed by atoms with E-state index in [0.29, 0.717) is 32.2 Å². The minimum absolute atomic E-state index is 0.0713. The molecule has 0 amide bonds. The lowest BCUT2D eigenvalue weighted by Crippen LogP contribution is -2.23. The molecule has 6 heteroatoms. The van der Waals surface area contributed by atoms with Crippen LogP contribution >= 0.6 is 0 Å². The van der Waals surface area contributed by atoms with E-state index in [4.69, 9.17) is 9.47 Å². The van der Waals surface area contributed by atoms with E-state index in [-0.39, 0.29) is 5.69 Å². The molecule has 0 saturated carbocycles. The van der Waals surface area contributed by atoms with Crippen LogP contribution in [0.25, 0.3) is 16.7 Å². The molecule has 0 aliphatic carbocycles. The highest BCUT2D eigenvalue weighted by molar-refractivity contribution is 5.82. The minimum Gasteiger partial charge on any atom is -0.473 e. The van der Waals surface area contributed by atoms with Gasteiger partial charge >= 0.3 is 5.69 Å². The Bertz CT molecular complexity index is 1540. The molecule has 5 rings (SSSR count). The number of para-hydroxylation sites is 1. The molecule has 188 valence electrons. The second-order valence-corrected chi connectivity index (χ2v) is 8.96. The molecule has 0 radical (unpaired) electrons. The van der Waals surface area contributed by atoms with E-state index in [1.165, 1.54) is 0 Å². The predicted molar refractivity (Wildman–Crippen MR) is 146 cm³/mol. The molecule has 3 aromatic carbocycles. The maximum atomic E-state index is 13.6. The highest BCUT2D eigenvalue weighted by Gasteiger charge is 2.18. The molecule has 0 saturated heterocycles. The minimum atomic E-state index is -0.0713. The van der Waals surface area contributed by atoms with Crippen molar-refractivity contribution < 1.29 is 9.47 Å². The first kappa shape index (κ1) is 24.5. The van der Waals surface area contributed by atoms with Gasteiger partial charge in [0.1, 0.15) is 6.61 Å². The number of rotatable bonds is 10. The van der Waals surface area contributed by atoms with E-state index in [0.717, 1.165) is 45.5 Å². The summed E-state index contributed by atoms with van der Waals surface area (Å²) in [5, 5.41) is 0. The Morgan fingerprint density at radius 2 is 1.51 bits per heavy atom. The van der Waals surface area contributed by atoms with E-state index in [2.05, 4.69) is 23.2 Å². The number of hydrogen-bond acceptors (Lipinski definition) is 4. The van der Waals surface area contributed by atoms with Gasteiger partial charge < -0.3 is 9.47 Å². The van der Waals surface area contributed by atoms with Crippen LogP contribution in [-0.2, 0) is 30.9 Å². The van der Waals surface area contributed by atoms with Gasteiger partial charge in [0.05, 0.1) is 35.6 Å². The number of imidazole rings is 1. The molecule has 0 spiro atoms. The fourth-order valence-corrected chi connectivity index (χ4v) is 4.64. The Hall–Kier alpha value is -4.16. The molecule has 5 aromatic rings. The summed E-state index contributed by atoms with van der Waals surface area (Å²) in [5.41, 5.74) is 6.56. The summed E-state index contributed by atoms with van der Waals surface area (Å²) in [7, 11) is 0. The number of aromatic nitrogens is 3. The molecule has 0 atom stereocenters. The fourth-order valence-electron chi connectivity index (χ4n) is 4.64. The molecule has 0 aliphatic rings. The van der Waals surface area contributed by atoms with Crippen LogP contribution in [0.15, 0.2) is 95.8 Å². The highest BCUT2D eigenvalue weighted by atomic mass is 16.5. The lowest BCUT2D eigenvalue weighted by molar-refractivity contribution is 0.124. The highest BCUT2D eigenvalue weighted by Crippen LogP contribution is 2.25. The van der Waals surface area contributed by atoms with Gasteiger partial charge in [0.15, 0.2) is 0 Å². The van der Waals surface area contributed by atoms with Crippen molar-refractivity contribution in [3.05, 3.63) is 124 Å². The Morgan fingerprint density at radius 3 is 2.19 bits per heavy atom. The van der Waals surface area contributed by atoms with E-state index in [1.807, 2.05) is 91.2 Å². The molecule has 0 aliphatic heterocycles. The number of fused-ring (bicyclic) bond motifs is 1. The number of benzene rings is 3. The summed E-state index contributed by atoms with van der Waals surface area (Å²) in [5.74, 6) is 0.536. The van der Waals surface area contributed by atoms with Crippen LogP contribution in [0.2, 0.25) is 0 Å². The van der Waals surface area contributed by atoms with E-state index in [1.54, 1.807) is 4.57 Å². The summed E-state index contributed by atoms with van der Waals surface area (Å²) in [6, 6.07) is 30.0. The van der Waals surface area contributed by atoms with Crippen molar-refractivity contribution in [1.29, 1.82) is 0 Å². The van der Waals surface area contributed by atoms with Crippen LogP contribution in [0.5, 0.6) is 5.88 Å². The van der Waals surface area contributed by atoms with Gasteiger partial charge in [0, 0.05) is 12.6 Å². The third-order valence-corrected chi connectivity index (χ3v) is 6.48. The van der Waals surface area contributed by atoms with Gasteiger partial charge in [-0.2, -0.15) is 0 Å². The maximum Gasteiger partial charge on any atom is 0.333 e.